The second-order valence-electron chi connectivity index (χ2n) is 6.59. The molecule has 0 saturated heterocycles. The van der Waals surface area contributed by atoms with E-state index < -0.39 is 0 Å². The van der Waals surface area contributed by atoms with Crippen LogP contribution in [0.3, 0.4) is 0 Å². The van der Waals surface area contributed by atoms with Crippen molar-refractivity contribution in [1.82, 2.24) is 5.32 Å². The molecule has 0 fully saturated rings. The van der Waals surface area contributed by atoms with Crippen molar-refractivity contribution in [2.45, 2.75) is 20.8 Å². The first-order chi connectivity index (χ1) is 13.3. The maximum Gasteiger partial charge on any atom is 0.255 e. The molecule has 0 heterocycles. The predicted molar refractivity (Wildman–Crippen MR) is 111 cm³/mol. The molecule has 0 saturated carbocycles. The second-order valence-corrected chi connectivity index (χ2v) is 7.00. The molecule has 0 aliphatic carbocycles. The van der Waals surface area contributed by atoms with Crippen LogP contribution in [0.1, 0.15) is 41.5 Å². The Bertz CT molecular complexity index is 852. The summed E-state index contributed by atoms with van der Waals surface area (Å²) in [6.07, 6.45) is 0. The number of benzene rings is 2. The lowest BCUT2D eigenvalue weighted by molar-refractivity contribution is 0.0954. The third-order valence-corrected chi connectivity index (χ3v) is 4.05. The van der Waals surface area contributed by atoms with Crippen LogP contribution in [0.25, 0.3) is 0 Å². The number of carbonyl (C=O) groups excluding carboxylic acids is 2. The monoisotopic (exact) mass is 404 g/mol. The van der Waals surface area contributed by atoms with Gasteiger partial charge in [-0.3, -0.25) is 9.59 Å². The van der Waals surface area contributed by atoms with Gasteiger partial charge in [0.2, 0.25) is 0 Å². The fourth-order valence-electron chi connectivity index (χ4n) is 2.45. The predicted octanol–water partition coefficient (Wildman–Crippen LogP) is 4.39. The van der Waals surface area contributed by atoms with Gasteiger partial charge in [0.1, 0.15) is 0 Å². The normalized spacial score (nSPS) is 10.5. The number of carbonyl (C=O) groups is 2. The number of methoxy groups -OCH3 is 1. The summed E-state index contributed by atoms with van der Waals surface area (Å²) in [5.74, 6) is 0.543. The van der Waals surface area contributed by atoms with Crippen molar-refractivity contribution in [1.29, 1.82) is 0 Å². The molecule has 0 aliphatic rings. The number of rotatable bonds is 8. The van der Waals surface area contributed by atoms with Gasteiger partial charge in [-0.25, -0.2) is 0 Å². The van der Waals surface area contributed by atoms with Crippen LogP contribution in [0.5, 0.6) is 11.5 Å². The Hall–Kier alpha value is -2.73. The fraction of sp³-hybridized carbons (Fsp3) is 0.333. The minimum Gasteiger partial charge on any atom is -0.493 e. The topological polar surface area (TPSA) is 76.7 Å². The zero-order chi connectivity index (χ0) is 20.7. The SMILES string of the molecule is CCNC(=O)c1cccc(NC(=O)c2cc(Cl)c(OCC(C)C)c(OC)c2)c1. The van der Waals surface area contributed by atoms with E-state index in [1.807, 2.05) is 20.8 Å². The molecule has 2 aromatic carbocycles. The van der Waals surface area contributed by atoms with E-state index in [9.17, 15) is 9.59 Å². The molecule has 7 heteroatoms. The maximum absolute atomic E-state index is 12.7. The number of anilines is 1. The first-order valence-corrected chi connectivity index (χ1v) is 9.43. The molecule has 2 rings (SSSR count). The standard InChI is InChI=1S/C21H25ClN2O4/c1-5-23-20(25)14-7-6-8-16(9-14)24-21(26)15-10-17(22)19(18(11-15)27-4)28-12-13(2)3/h6-11,13H,5,12H2,1-4H3,(H,23,25)(H,24,26). The molecule has 6 nitrogen and oxygen atoms in total. The summed E-state index contributed by atoms with van der Waals surface area (Å²) in [6, 6.07) is 9.81. The van der Waals surface area contributed by atoms with E-state index in [1.165, 1.54) is 13.2 Å². The number of amides is 2. The minimum atomic E-state index is -0.372. The van der Waals surface area contributed by atoms with Crippen LogP contribution in [-0.2, 0) is 0 Å². The van der Waals surface area contributed by atoms with Crippen molar-refractivity contribution < 1.29 is 19.1 Å². The Balaban J connectivity index is 2.21. The van der Waals surface area contributed by atoms with Gasteiger partial charge >= 0.3 is 0 Å². The summed E-state index contributed by atoms with van der Waals surface area (Å²) in [5.41, 5.74) is 1.29. The zero-order valence-electron chi connectivity index (χ0n) is 16.5. The van der Waals surface area contributed by atoms with Gasteiger partial charge in [0.25, 0.3) is 11.8 Å². The van der Waals surface area contributed by atoms with Crippen molar-refractivity contribution in [2.75, 3.05) is 25.6 Å². The average molecular weight is 405 g/mol. The van der Waals surface area contributed by atoms with Crippen LogP contribution in [0, 0.1) is 5.92 Å². The summed E-state index contributed by atoms with van der Waals surface area (Å²) in [4.78, 5) is 24.6. The number of hydrogen-bond donors (Lipinski definition) is 2. The Labute approximate surface area is 170 Å². The van der Waals surface area contributed by atoms with Gasteiger partial charge in [0.05, 0.1) is 18.7 Å². The van der Waals surface area contributed by atoms with Gasteiger partial charge in [0.15, 0.2) is 11.5 Å². The van der Waals surface area contributed by atoms with E-state index in [0.717, 1.165) is 0 Å². The first kappa shape index (κ1) is 21.6. The molecule has 0 aliphatic heterocycles. The van der Waals surface area contributed by atoms with Gasteiger partial charge < -0.3 is 20.1 Å². The fourth-order valence-corrected chi connectivity index (χ4v) is 2.71. The highest BCUT2D eigenvalue weighted by Gasteiger charge is 2.17. The highest BCUT2D eigenvalue weighted by Crippen LogP contribution is 2.37. The smallest absolute Gasteiger partial charge is 0.255 e. The molecular weight excluding hydrogens is 380 g/mol. The zero-order valence-corrected chi connectivity index (χ0v) is 17.2. The van der Waals surface area contributed by atoms with Crippen molar-refractivity contribution >= 4 is 29.1 Å². The van der Waals surface area contributed by atoms with E-state index in [1.54, 1.807) is 30.3 Å². The molecule has 28 heavy (non-hydrogen) atoms. The lowest BCUT2D eigenvalue weighted by atomic mass is 10.1. The van der Waals surface area contributed by atoms with Crippen LogP contribution in [0.2, 0.25) is 5.02 Å². The Morgan fingerprint density at radius 2 is 1.86 bits per heavy atom. The molecule has 0 atom stereocenters. The average Bonchev–Trinajstić information content (AvgIpc) is 2.66. The lowest BCUT2D eigenvalue weighted by Gasteiger charge is -2.15. The largest absolute Gasteiger partial charge is 0.493 e. The minimum absolute atomic E-state index is 0.199. The van der Waals surface area contributed by atoms with Crippen molar-refractivity contribution in [3.8, 4) is 11.5 Å². The highest BCUT2D eigenvalue weighted by atomic mass is 35.5. The third-order valence-electron chi connectivity index (χ3n) is 3.77. The number of hydrogen-bond acceptors (Lipinski definition) is 4. The molecule has 2 amide bonds. The molecule has 0 spiro atoms. The highest BCUT2D eigenvalue weighted by molar-refractivity contribution is 6.32. The molecule has 2 N–H and O–H groups in total. The van der Waals surface area contributed by atoms with Gasteiger partial charge in [0, 0.05) is 23.4 Å². The number of nitrogens with one attached hydrogen (secondary N) is 2. The summed E-state index contributed by atoms with van der Waals surface area (Å²) in [5, 5.41) is 5.79. The van der Waals surface area contributed by atoms with Crippen molar-refractivity contribution in [3.63, 3.8) is 0 Å². The maximum atomic E-state index is 12.7. The summed E-state index contributed by atoms with van der Waals surface area (Å²) in [6.45, 7) is 6.90. The molecule has 150 valence electrons. The summed E-state index contributed by atoms with van der Waals surface area (Å²) < 4.78 is 11.0. The van der Waals surface area contributed by atoms with Crippen molar-refractivity contribution in [3.05, 3.63) is 52.5 Å². The van der Waals surface area contributed by atoms with Gasteiger partial charge in [-0.05, 0) is 43.2 Å². The molecular formula is C21H25ClN2O4. The van der Waals surface area contributed by atoms with Crippen LogP contribution >= 0.6 is 11.6 Å². The Morgan fingerprint density at radius 1 is 1.11 bits per heavy atom. The van der Waals surface area contributed by atoms with Crippen LogP contribution in [0.15, 0.2) is 36.4 Å². The van der Waals surface area contributed by atoms with E-state index >= 15 is 0 Å². The third kappa shape index (κ3) is 5.63. The van der Waals surface area contributed by atoms with Crippen molar-refractivity contribution in [2.24, 2.45) is 5.92 Å². The van der Waals surface area contributed by atoms with Gasteiger partial charge in [-0.15, -0.1) is 0 Å². The molecule has 0 bridgehead atoms. The van der Waals surface area contributed by atoms with Gasteiger partial charge in [-0.2, -0.15) is 0 Å². The van der Waals surface area contributed by atoms with E-state index in [2.05, 4.69) is 10.6 Å². The van der Waals surface area contributed by atoms with Gasteiger partial charge in [-0.1, -0.05) is 31.5 Å². The number of halogens is 1. The molecule has 0 radical (unpaired) electrons. The molecule has 0 unspecified atom stereocenters. The first-order valence-electron chi connectivity index (χ1n) is 9.05. The number of ether oxygens (including phenoxy) is 2. The quantitative estimate of drug-likeness (QED) is 0.684. The molecule has 2 aromatic rings. The molecule has 0 aromatic heterocycles. The second kappa shape index (κ2) is 9.99. The van der Waals surface area contributed by atoms with Crippen LogP contribution in [-0.4, -0.2) is 32.1 Å². The Morgan fingerprint density at radius 3 is 2.50 bits per heavy atom. The van der Waals surface area contributed by atoms with Crippen LogP contribution in [0.4, 0.5) is 5.69 Å². The van der Waals surface area contributed by atoms with E-state index in [-0.39, 0.29) is 11.8 Å². The Kier molecular flexibility index (Phi) is 7.70. The lowest BCUT2D eigenvalue weighted by Crippen LogP contribution is -2.22. The van der Waals surface area contributed by atoms with E-state index in [4.69, 9.17) is 21.1 Å². The summed E-state index contributed by atoms with van der Waals surface area (Å²) >= 11 is 6.31. The summed E-state index contributed by atoms with van der Waals surface area (Å²) in [7, 11) is 1.49. The van der Waals surface area contributed by atoms with E-state index in [0.29, 0.717) is 52.4 Å². The van der Waals surface area contributed by atoms with Crippen LogP contribution < -0.4 is 20.1 Å².